The van der Waals surface area contributed by atoms with E-state index in [2.05, 4.69) is 50.9 Å². The van der Waals surface area contributed by atoms with Crippen LogP contribution in [0.15, 0.2) is 53.5 Å². The summed E-state index contributed by atoms with van der Waals surface area (Å²) in [4.78, 5) is 6.80. The van der Waals surface area contributed by atoms with Crippen LogP contribution in [0.25, 0.3) is 0 Å². The predicted octanol–water partition coefficient (Wildman–Crippen LogP) is 3.04. The first-order valence-corrected chi connectivity index (χ1v) is 9.15. The summed E-state index contributed by atoms with van der Waals surface area (Å²) >= 11 is 0. The molecule has 0 fully saturated rings. The zero-order valence-electron chi connectivity index (χ0n) is 16.1. The van der Waals surface area contributed by atoms with E-state index in [0.29, 0.717) is 6.54 Å². The Morgan fingerprint density at radius 1 is 1.11 bits per heavy atom. The molecule has 1 heterocycles. The monoisotopic (exact) mass is 480 g/mol. The molecular formula is C21H29IN4O. The number of benzene rings is 2. The molecule has 0 aliphatic carbocycles. The molecule has 0 radical (unpaired) electrons. The molecule has 0 spiro atoms. The second kappa shape index (κ2) is 11.1. The van der Waals surface area contributed by atoms with Crippen molar-refractivity contribution in [3.8, 4) is 5.75 Å². The van der Waals surface area contributed by atoms with Crippen LogP contribution in [0.5, 0.6) is 5.75 Å². The minimum atomic E-state index is 0. The SMILES string of the molecule is CN=C(NCCN1CCc2ccccc2C1)NCc1cccc(OC)c1.I. The first-order chi connectivity index (χ1) is 12.8. The average Bonchev–Trinajstić information content (AvgIpc) is 2.70. The summed E-state index contributed by atoms with van der Waals surface area (Å²) < 4.78 is 5.27. The average molecular weight is 480 g/mol. The summed E-state index contributed by atoms with van der Waals surface area (Å²) in [6.07, 6.45) is 1.14. The Kier molecular flexibility index (Phi) is 8.87. The first-order valence-electron chi connectivity index (χ1n) is 9.15. The van der Waals surface area contributed by atoms with E-state index in [9.17, 15) is 0 Å². The molecule has 2 aromatic carbocycles. The van der Waals surface area contributed by atoms with Gasteiger partial charge in [-0.3, -0.25) is 9.89 Å². The molecule has 2 aromatic rings. The molecule has 0 atom stereocenters. The highest BCUT2D eigenvalue weighted by molar-refractivity contribution is 14.0. The van der Waals surface area contributed by atoms with Crippen LogP contribution >= 0.6 is 24.0 Å². The molecule has 5 nitrogen and oxygen atoms in total. The van der Waals surface area contributed by atoms with Gasteiger partial charge in [-0.15, -0.1) is 24.0 Å². The number of hydrogen-bond donors (Lipinski definition) is 2. The molecule has 146 valence electrons. The standard InChI is InChI=1S/C21H28N4O.HI/c1-22-21(24-15-17-6-5-9-20(14-17)26-2)23-11-13-25-12-10-18-7-3-4-8-19(18)16-25;/h3-9,14H,10-13,15-16H2,1-2H3,(H2,22,23,24);1H. The molecule has 0 unspecified atom stereocenters. The van der Waals surface area contributed by atoms with Gasteiger partial charge < -0.3 is 15.4 Å². The van der Waals surface area contributed by atoms with Gasteiger partial charge in [0.1, 0.15) is 5.75 Å². The van der Waals surface area contributed by atoms with Crippen molar-refractivity contribution in [1.29, 1.82) is 0 Å². The number of halogens is 1. The summed E-state index contributed by atoms with van der Waals surface area (Å²) in [5, 5.41) is 6.76. The first kappa shape index (κ1) is 21.5. The second-order valence-electron chi connectivity index (χ2n) is 6.50. The minimum Gasteiger partial charge on any atom is -0.497 e. The smallest absolute Gasteiger partial charge is 0.191 e. The number of methoxy groups -OCH3 is 1. The fraction of sp³-hybridized carbons (Fsp3) is 0.381. The summed E-state index contributed by atoms with van der Waals surface area (Å²) in [6.45, 7) is 4.75. The van der Waals surface area contributed by atoms with E-state index in [1.54, 1.807) is 14.2 Å². The Bertz CT molecular complexity index is 750. The van der Waals surface area contributed by atoms with E-state index >= 15 is 0 Å². The van der Waals surface area contributed by atoms with E-state index in [-0.39, 0.29) is 24.0 Å². The lowest BCUT2D eigenvalue weighted by atomic mass is 10.00. The highest BCUT2D eigenvalue weighted by atomic mass is 127. The molecule has 0 saturated carbocycles. The van der Waals surface area contributed by atoms with Crippen LogP contribution in [0, 0.1) is 0 Å². The van der Waals surface area contributed by atoms with Gasteiger partial charge in [0.25, 0.3) is 0 Å². The molecule has 1 aliphatic heterocycles. The van der Waals surface area contributed by atoms with E-state index in [1.807, 2.05) is 18.2 Å². The number of rotatable bonds is 6. The Balaban J connectivity index is 0.00000261. The van der Waals surface area contributed by atoms with Gasteiger partial charge in [-0.25, -0.2) is 0 Å². The van der Waals surface area contributed by atoms with Crippen LogP contribution in [-0.2, 0) is 19.5 Å². The van der Waals surface area contributed by atoms with Gasteiger partial charge in [-0.2, -0.15) is 0 Å². The Morgan fingerprint density at radius 2 is 1.93 bits per heavy atom. The second-order valence-corrected chi connectivity index (χ2v) is 6.50. The molecule has 6 heteroatoms. The number of nitrogens with one attached hydrogen (secondary N) is 2. The number of fused-ring (bicyclic) bond motifs is 1. The Hall–Kier alpha value is -1.80. The van der Waals surface area contributed by atoms with Gasteiger partial charge in [0.05, 0.1) is 7.11 Å². The highest BCUT2D eigenvalue weighted by Crippen LogP contribution is 2.17. The highest BCUT2D eigenvalue weighted by Gasteiger charge is 2.15. The van der Waals surface area contributed by atoms with Crippen molar-refractivity contribution in [2.24, 2.45) is 4.99 Å². The third kappa shape index (κ3) is 6.39. The maximum atomic E-state index is 5.27. The molecule has 0 aromatic heterocycles. The van der Waals surface area contributed by atoms with Crippen molar-refractivity contribution in [3.63, 3.8) is 0 Å². The maximum Gasteiger partial charge on any atom is 0.191 e. The molecule has 3 rings (SSSR count). The molecular weight excluding hydrogens is 451 g/mol. The number of ether oxygens (including phenoxy) is 1. The number of hydrogen-bond acceptors (Lipinski definition) is 3. The summed E-state index contributed by atoms with van der Waals surface area (Å²) in [5.74, 6) is 1.70. The van der Waals surface area contributed by atoms with Gasteiger partial charge >= 0.3 is 0 Å². The molecule has 0 saturated heterocycles. The van der Waals surface area contributed by atoms with Crippen molar-refractivity contribution in [1.82, 2.24) is 15.5 Å². The van der Waals surface area contributed by atoms with Gasteiger partial charge in [0.2, 0.25) is 0 Å². The molecule has 0 bridgehead atoms. The van der Waals surface area contributed by atoms with E-state index < -0.39 is 0 Å². The van der Waals surface area contributed by atoms with Gasteiger partial charge in [0.15, 0.2) is 5.96 Å². The molecule has 27 heavy (non-hydrogen) atoms. The lowest BCUT2D eigenvalue weighted by Crippen LogP contribution is -2.42. The zero-order valence-corrected chi connectivity index (χ0v) is 18.4. The number of guanidine groups is 1. The van der Waals surface area contributed by atoms with Crippen LogP contribution in [0.4, 0.5) is 0 Å². The minimum absolute atomic E-state index is 0. The summed E-state index contributed by atoms with van der Waals surface area (Å²) in [6, 6.07) is 16.8. The zero-order chi connectivity index (χ0) is 18.2. The van der Waals surface area contributed by atoms with Crippen LogP contribution in [0.3, 0.4) is 0 Å². The molecule has 1 aliphatic rings. The molecule has 0 amide bonds. The van der Waals surface area contributed by atoms with Crippen LogP contribution < -0.4 is 15.4 Å². The fourth-order valence-corrected chi connectivity index (χ4v) is 3.27. The van der Waals surface area contributed by atoms with Crippen molar-refractivity contribution in [3.05, 3.63) is 65.2 Å². The Labute approximate surface area is 179 Å². The summed E-state index contributed by atoms with van der Waals surface area (Å²) in [5.41, 5.74) is 4.12. The van der Waals surface area contributed by atoms with E-state index in [4.69, 9.17) is 4.74 Å². The number of nitrogens with zero attached hydrogens (tertiary/aromatic N) is 2. The summed E-state index contributed by atoms with van der Waals surface area (Å²) in [7, 11) is 3.49. The van der Waals surface area contributed by atoms with Crippen molar-refractivity contribution < 1.29 is 4.74 Å². The largest absolute Gasteiger partial charge is 0.497 e. The van der Waals surface area contributed by atoms with Crippen LogP contribution in [0.2, 0.25) is 0 Å². The normalized spacial score (nSPS) is 14.1. The fourth-order valence-electron chi connectivity index (χ4n) is 3.27. The quantitative estimate of drug-likeness (QED) is 0.379. The lowest BCUT2D eigenvalue weighted by Gasteiger charge is -2.28. The third-order valence-corrected chi connectivity index (χ3v) is 4.75. The predicted molar refractivity (Wildman–Crippen MR) is 122 cm³/mol. The van der Waals surface area contributed by atoms with Crippen LogP contribution in [-0.4, -0.2) is 44.7 Å². The molecule has 2 N–H and O–H groups in total. The van der Waals surface area contributed by atoms with Gasteiger partial charge in [-0.05, 0) is 35.2 Å². The maximum absolute atomic E-state index is 5.27. The van der Waals surface area contributed by atoms with Crippen molar-refractivity contribution >= 4 is 29.9 Å². The van der Waals surface area contributed by atoms with E-state index in [0.717, 1.165) is 44.3 Å². The Morgan fingerprint density at radius 3 is 2.70 bits per heavy atom. The van der Waals surface area contributed by atoms with Crippen molar-refractivity contribution in [2.45, 2.75) is 19.5 Å². The van der Waals surface area contributed by atoms with Crippen molar-refractivity contribution in [2.75, 3.05) is 33.8 Å². The van der Waals surface area contributed by atoms with Crippen LogP contribution in [0.1, 0.15) is 16.7 Å². The van der Waals surface area contributed by atoms with Gasteiger partial charge in [0, 0.05) is 39.8 Å². The lowest BCUT2D eigenvalue weighted by molar-refractivity contribution is 0.258. The number of aliphatic imine (C=N–C) groups is 1. The van der Waals surface area contributed by atoms with Gasteiger partial charge in [-0.1, -0.05) is 36.4 Å². The van der Waals surface area contributed by atoms with E-state index in [1.165, 1.54) is 16.7 Å². The topological polar surface area (TPSA) is 48.9 Å². The third-order valence-electron chi connectivity index (χ3n) is 4.75.